The summed E-state index contributed by atoms with van der Waals surface area (Å²) in [7, 11) is 1.82. The number of nitrogens with zero attached hydrogens (tertiary/aromatic N) is 4. The summed E-state index contributed by atoms with van der Waals surface area (Å²) >= 11 is 0. The quantitative estimate of drug-likeness (QED) is 0.387. The van der Waals surface area contributed by atoms with Crippen molar-refractivity contribution in [2.45, 2.75) is 45.6 Å². The molecule has 2 aromatic heterocycles. The van der Waals surface area contributed by atoms with Crippen molar-refractivity contribution in [3.05, 3.63) is 42.6 Å². The van der Waals surface area contributed by atoms with Crippen LogP contribution >= 0.6 is 24.0 Å². The molecule has 2 aromatic rings. The van der Waals surface area contributed by atoms with Crippen molar-refractivity contribution in [1.29, 1.82) is 0 Å². The molecule has 3 rings (SSSR count). The molecule has 0 spiro atoms. The molecule has 1 aliphatic rings. The molecule has 0 saturated heterocycles. The number of hydrogen-bond donors (Lipinski definition) is 2. The summed E-state index contributed by atoms with van der Waals surface area (Å²) < 4.78 is 1.89. The van der Waals surface area contributed by atoms with E-state index in [1.54, 1.807) is 12.5 Å². The fraction of sp³-hybridized carbons (Fsp3) is 0.526. The highest BCUT2D eigenvalue weighted by Gasteiger charge is 2.31. The minimum Gasteiger partial charge on any atom is -0.356 e. The van der Waals surface area contributed by atoms with E-state index in [0.717, 1.165) is 23.9 Å². The van der Waals surface area contributed by atoms with Gasteiger partial charge < -0.3 is 10.6 Å². The van der Waals surface area contributed by atoms with Gasteiger partial charge in [-0.1, -0.05) is 25.8 Å². The number of nitrogens with one attached hydrogen (secondary N) is 2. The summed E-state index contributed by atoms with van der Waals surface area (Å²) in [6.45, 7) is 4.01. The van der Waals surface area contributed by atoms with E-state index in [9.17, 15) is 0 Å². The number of rotatable bonds is 6. The van der Waals surface area contributed by atoms with Crippen molar-refractivity contribution in [2.75, 3.05) is 13.6 Å². The Morgan fingerprint density at radius 2 is 2.08 bits per heavy atom. The standard InChI is InChI=1S/C19H28N6.HI/c1-3-19(8-4-5-9-19)14-24-18(20-2)23-13-16-6-7-17(22-12-16)25-11-10-21-15-25;/h6-7,10-12,15H,3-5,8-9,13-14H2,1-2H3,(H2,20,23,24);1H. The van der Waals surface area contributed by atoms with Gasteiger partial charge in [0.05, 0.1) is 0 Å². The predicted octanol–water partition coefficient (Wildman–Crippen LogP) is 3.52. The number of hydrogen-bond acceptors (Lipinski definition) is 3. The summed E-state index contributed by atoms with van der Waals surface area (Å²) in [5.41, 5.74) is 1.57. The van der Waals surface area contributed by atoms with Gasteiger partial charge in [-0.15, -0.1) is 24.0 Å². The van der Waals surface area contributed by atoms with Gasteiger partial charge in [0.1, 0.15) is 12.1 Å². The first kappa shape index (κ1) is 20.7. The maximum atomic E-state index is 4.48. The SMILES string of the molecule is CCC1(CNC(=NC)NCc2ccc(-n3ccnc3)nc2)CCCC1.I. The number of aliphatic imine (C=N–C) groups is 1. The summed E-state index contributed by atoms with van der Waals surface area (Å²) in [4.78, 5) is 12.9. The summed E-state index contributed by atoms with van der Waals surface area (Å²) in [5, 5.41) is 6.90. The molecular formula is C19H29IN6. The second-order valence-corrected chi connectivity index (χ2v) is 6.83. The lowest BCUT2D eigenvalue weighted by Gasteiger charge is -2.28. The van der Waals surface area contributed by atoms with E-state index in [-0.39, 0.29) is 24.0 Å². The van der Waals surface area contributed by atoms with E-state index >= 15 is 0 Å². The lowest BCUT2D eigenvalue weighted by atomic mass is 9.83. The first-order valence-corrected chi connectivity index (χ1v) is 9.12. The molecular weight excluding hydrogens is 439 g/mol. The van der Waals surface area contributed by atoms with Gasteiger partial charge in [-0.3, -0.25) is 9.56 Å². The molecule has 0 aromatic carbocycles. The largest absolute Gasteiger partial charge is 0.356 e. The van der Waals surface area contributed by atoms with E-state index in [4.69, 9.17) is 0 Å². The molecule has 142 valence electrons. The molecule has 0 atom stereocenters. The lowest BCUT2D eigenvalue weighted by Crippen LogP contribution is -2.42. The smallest absolute Gasteiger partial charge is 0.191 e. The number of halogens is 1. The van der Waals surface area contributed by atoms with Gasteiger partial charge >= 0.3 is 0 Å². The molecule has 6 nitrogen and oxygen atoms in total. The van der Waals surface area contributed by atoms with Gasteiger partial charge in [0.2, 0.25) is 0 Å². The first-order chi connectivity index (χ1) is 12.2. The van der Waals surface area contributed by atoms with Crippen LogP contribution in [0.5, 0.6) is 0 Å². The molecule has 1 fully saturated rings. The van der Waals surface area contributed by atoms with Crippen molar-refractivity contribution in [3.8, 4) is 5.82 Å². The first-order valence-electron chi connectivity index (χ1n) is 9.12. The second-order valence-electron chi connectivity index (χ2n) is 6.83. The van der Waals surface area contributed by atoms with Crippen LogP contribution in [0.3, 0.4) is 0 Å². The van der Waals surface area contributed by atoms with Gasteiger partial charge in [-0.05, 0) is 36.3 Å². The third-order valence-corrected chi connectivity index (χ3v) is 5.31. The van der Waals surface area contributed by atoms with Gasteiger partial charge in [-0.25, -0.2) is 9.97 Å². The third kappa shape index (κ3) is 5.18. The van der Waals surface area contributed by atoms with Crippen LogP contribution in [0.2, 0.25) is 0 Å². The van der Waals surface area contributed by atoms with Crippen LogP contribution in [-0.2, 0) is 6.54 Å². The molecule has 0 aliphatic heterocycles. The van der Waals surface area contributed by atoms with E-state index in [1.807, 2.05) is 30.1 Å². The van der Waals surface area contributed by atoms with Crippen LogP contribution in [0.15, 0.2) is 42.0 Å². The highest BCUT2D eigenvalue weighted by atomic mass is 127. The van der Waals surface area contributed by atoms with Gasteiger partial charge in [-0.2, -0.15) is 0 Å². The van der Waals surface area contributed by atoms with E-state index in [0.29, 0.717) is 12.0 Å². The zero-order chi connectivity index (χ0) is 17.5. The topological polar surface area (TPSA) is 67.1 Å². The molecule has 0 amide bonds. The van der Waals surface area contributed by atoms with Crippen LogP contribution in [0, 0.1) is 5.41 Å². The number of pyridine rings is 1. The average molecular weight is 468 g/mol. The molecule has 0 bridgehead atoms. The zero-order valence-corrected chi connectivity index (χ0v) is 17.9. The Labute approximate surface area is 172 Å². The minimum atomic E-state index is 0. The number of imidazole rings is 1. The number of guanidine groups is 1. The fourth-order valence-corrected chi connectivity index (χ4v) is 3.53. The van der Waals surface area contributed by atoms with E-state index < -0.39 is 0 Å². The normalized spacial score (nSPS) is 16.2. The summed E-state index contributed by atoms with van der Waals surface area (Å²) in [5.74, 6) is 1.73. The monoisotopic (exact) mass is 468 g/mol. The van der Waals surface area contributed by atoms with Crippen LogP contribution in [0.25, 0.3) is 5.82 Å². The Balaban J connectivity index is 0.00000243. The molecule has 0 unspecified atom stereocenters. The van der Waals surface area contributed by atoms with E-state index in [2.05, 4.69) is 38.6 Å². The molecule has 26 heavy (non-hydrogen) atoms. The third-order valence-electron chi connectivity index (χ3n) is 5.31. The zero-order valence-electron chi connectivity index (χ0n) is 15.6. The predicted molar refractivity (Wildman–Crippen MR) is 116 cm³/mol. The maximum Gasteiger partial charge on any atom is 0.191 e. The van der Waals surface area contributed by atoms with Crippen LogP contribution in [-0.4, -0.2) is 34.1 Å². The molecule has 7 heteroatoms. The highest BCUT2D eigenvalue weighted by Crippen LogP contribution is 2.40. The Morgan fingerprint density at radius 3 is 2.65 bits per heavy atom. The van der Waals surface area contributed by atoms with Crippen LogP contribution < -0.4 is 10.6 Å². The minimum absolute atomic E-state index is 0. The van der Waals surface area contributed by atoms with Crippen molar-refractivity contribution in [2.24, 2.45) is 10.4 Å². The molecule has 0 radical (unpaired) electrons. The average Bonchev–Trinajstić information content (AvgIpc) is 3.35. The molecule has 1 aliphatic carbocycles. The fourth-order valence-electron chi connectivity index (χ4n) is 3.53. The highest BCUT2D eigenvalue weighted by molar-refractivity contribution is 14.0. The van der Waals surface area contributed by atoms with Gasteiger partial charge in [0.25, 0.3) is 0 Å². The Bertz CT molecular complexity index is 675. The summed E-state index contributed by atoms with van der Waals surface area (Å²) in [6.07, 6.45) is 13.9. The molecule has 2 heterocycles. The van der Waals surface area contributed by atoms with Gasteiger partial charge in [0.15, 0.2) is 5.96 Å². The summed E-state index contributed by atoms with van der Waals surface area (Å²) in [6, 6.07) is 4.08. The van der Waals surface area contributed by atoms with Crippen LogP contribution in [0.1, 0.15) is 44.6 Å². The Morgan fingerprint density at radius 1 is 1.27 bits per heavy atom. The molecule has 2 N–H and O–H groups in total. The Hall–Kier alpha value is -1.64. The lowest BCUT2D eigenvalue weighted by molar-refractivity contribution is 0.283. The maximum absolute atomic E-state index is 4.48. The van der Waals surface area contributed by atoms with Crippen molar-refractivity contribution < 1.29 is 0 Å². The van der Waals surface area contributed by atoms with Crippen molar-refractivity contribution >= 4 is 29.9 Å². The van der Waals surface area contributed by atoms with Crippen molar-refractivity contribution in [3.63, 3.8) is 0 Å². The van der Waals surface area contributed by atoms with Gasteiger partial charge in [0, 0.05) is 38.7 Å². The number of aromatic nitrogens is 3. The second kappa shape index (κ2) is 9.89. The Kier molecular flexibility index (Phi) is 7.86. The van der Waals surface area contributed by atoms with E-state index in [1.165, 1.54) is 32.1 Å². The van der Waals surface area contributed by atoms with Crippen LogP contribution in [0.4, 0.5) is 0 Å². The molecule has 1 saturated carbocycles. The van der Waals surface area contributed by atoms with Crippen molar-refractivity contribution in [1.82, 2.24) is 25.2 Å².